The minimum absolute atomic E-state index is 0.326. The predicted molar refractivity (Wildman–Crippen MR) is 81.5 cm³/mol. The van der Waals surface area contributed by atoms with Gasteiger partial charge in [0.1, 0.15) is 4.21 Å². The third-order valence-electron chi connectivity index (χ3n) is 2.71. The number of thiophene rings is 1. The molecule has 0 saturated heterocycles. The third-order valence-corrected chi connectivity index (χ3v) is 5.80. The Kier molecular flexibility index (Phi) is 4.74. The lowest BCUT2D eigenvalue weighted by Crippen LogP contribution is -2.12. The fraction of sp³-hybridized carbons (Fsp3) is 0.308. The molecular weight excluding hydrogens is 294 g/mol. The molecule has 0 aliphatic heterocycles. The van der Waals surface area contributed by atoms with E-state index in [9.17, 15) is 8.42 Å². The topological polar surface area (TPSA) is 71.1 Å². The van der Waals surface area contributed by atoms with Gasteiger partial charge in [-0.2, -0.15) is 0 Å². The van der Waals surface area contributed by atoms with Gasteiger partial charge in [0.15, 0.2) is 0 Å². The molecule has 0 unspecified atom stereocenters. The highest BCUT2D eigenvalue weighted by Crippen LogP contribution is 2.27. The van der Waals surface area contributed by atoms with E-state index in [1.54, 1.807) is 24.4 Å². The Morgan fingerprint density at radius 3 is 2.85 bits per heavy atom. The molecule has 20 heavy (non-hydrogen) atoms. The lowest BCUT2D eigenvalue weighted by Gasteiger charge is -2.04. The SMILES string of the molecule is CCNCc1sc(S(=O)(=O)Nc2cccnc2)cc1C. The molecule has 2 aromatic heterocycles. The molecule has 0 aliphatic rings. The lowest BCUT2D eigenvalue weighted by atomic mass is 10.3. The molecule has 7 heteroatoms. The number of nitrogens with one attached hydrogen (secondary N) is 2. The Balaban J connectivity index is 2.21. The average molecular weight is 311 g/mol. The number of rotatable bonds is 6. The Labute approximate surface area is 123 Å². The van der Waals surface area contributed by atoms with Crippen molar-refractivity contribution in [3.8, 4) is 0 Å². The first kappa shape index (κ1) is 15.0. The zero-order chi connectivity index (χ0) is 14.6. The molecule has 5 nitrogen and oxygen atoms in total. The van der Waals surface area contributed by atoms with Crippen molar-refractivity contribution in [3.63, 3.8) is 0 Å². The zero-order valence-corrected chi connectivity index (χ0v) is 13.0. The molecule has 0 atom stereocenters. The maximum atomic E-state index is 12.3. The minimum Gasteiger partial charge on any atom is -0.312 e. The lowest BCUT2D eigenvalue weighted by molar-refractivity contribution is 0.603. The number of nitrogens with zero attached hydrogens (tertiary/aromatic N) is 1. The van der Waals surface area contributed by atoms with Crippen LogP contribution in [0, 0.1) is 6.92 Å². The van der Waals surface area contributed by atoms with Crippen LogP contribution in [0.25, 0.3) is 0 Å². The molecule has 2 N–H and O–H groups in total. The molecule has 0 radical (unpaired) electrons. The number of sulfonamides is 1. The first-order valence-corrected chi connectivity index (χ1v) is 8.56. The minimum atomic E-state index is -3.54. The van der Waals surface area contributed by atoms with Gasteiger partial charge in [-0.1, -0.05) is 6.92 Å². The van der Waals surface area contributed by atoms with Crippen LogP contribution in [0.2, 0.25) is 0 Å². The van der Waals surface area contributed by atoms with Crippen LogP contribution in [0.3, 0.4) is 0 Å². The molecular formula is C13H17N3O2S2. The standard InChI is InChI=1S/C13H17N3O2S2/c1-3-14-9-12-10(2)7-13(19-12)20(17,18)16-11-5-4-6-15-8-11/h4-8,14,16H,3,9H2,1-2H3. The number of anilines is 1. The van der Waals surface area contributed by atoms with E-state index in [4.69, 9.17) is 0 Å². The molecule has 0 fully saturated rings. The van der Waals surface area contributed by atoms with E-state index in [2.05, 4.69) is 15.0 Å². The third kappa shape index (κ3) is 3.56. The molecule has 2 heterocycles. The smallest absolute Gasteiger partial charge is 0.271 e. The Hall–Kier alpha value is -1.44. The molecule has 0 spiro atoms. The molecule has 0 bridgehead atoms. The number of aromatic nitrogens is 1. The quantitative estimate of drug-likeness (QED) is 0.859. The zero-order valence-electron chi connectivity index (χ0n) is 11.4. The average Bonchev–Trinajstić information content (AvgIpc) is 2.79. The first-order chi connectivity index (χ1) is 9.53. The maximum absolute atomic E-state index is 12.3. The van der Waals surface area contributed by atoms with Crippen LogP contribution in [0.15, 0.2) is 34.8 Å². The number of hydrogen-bond donors (Lipinski definition) is 2. The van der Waals surface area contributed by atoms with Crippen molar-refractivity contribution in [1.82, 2.24) is 10.3 Å². The van der Waals surface area contributed by atoms with E-state index < -0.39 is 10.0 Å². The summed E-state index contributed by atoms with van der Waals surface area (Å²) < 4.78 is 27.4. The fourth-order valence-electron chi connectivity index (χ4n) is 1.66. The summed E-state index contributed by atoms with van der Waals surface area (Å²) in [5, 5.41) is 3.21. The van der Waals surface area contributed by atoms with Crippen molar-refractivity contribution in [2.75, 3.05) is 11.3 Å². The molecule has 0 aromatic carbocycles. The second-order valence-corrected chi connectivity index (χ2v) is 7.35. The van der Waals surface area contributed by atoms with Gasteiger partial charge in [-0.05, 0) is 37.2 Å². The summed E-state index contributed by atoms with van der Waals surface area (Å²) in [4.78, 5) is 4.93. The van der Waals surface area contributed by atoms with E-state index in [-0.39, 0.29) is 0 Å². The van der Waals surface area contributed by atoms with Crippen LogP contribution in [0.4, 0.5) is 5.69 Å². The maximum Gasteiger partial charge on any atom is 0.271 e. The molecule has 2 aromatic rings. The Morgan fingerprint density at radius 1 is 1.40 bits per heavy atom. The summed E-state index contributed by atoms with van der Waals surface area (Å²) in [6.45, 7) is 5.49. The summed E-state index contributed by atoms with van der Waals surface area (Å²) in [6.07, 6.45) is 3.08. The van der Waals surface area contributed by atoms with Crippen LogP contribution >= 0.6 is 11.3 Å². The van der Waals surface area contributed by atoms with Gasteiger partial charge in [-0.3, -0.25) is 9.71 Å². The van der Waals surface area contributed by atoms with Crippen LogP contribution < -0.4 is 10.0 Å². The molecule has 2 rings (SSSR count). The summed E-state index contributed by atoms with van der Waals surface area (Å²) in [5.74, 6) is 0. The van der Waals surface area contributed by atoms with Crippen LogP contribution in [-0.4, -0.2) is 19.9 Å². The van der Waals surface area contributed by atoms with Crippen molar-refractivity contribution in [1.29, 1.82) is 0 Å². The molecule has 108 valence electrons. The Bertz CT molecular complexity index is 666. The van der Waals surface area contributed by atoms with E-state index in [1.165, 1.54) is 17.5 Å². The normalized spacial score (nSPS) is 11.5. The number of aryl methyl sites for hydroxylation is 1. The monoisotopic (exact) mass is 311 g/mol. The van der Waals surface area contributed by atoms with Gasteiger partial charge >= 0.3 is 0 Å². The highest BCUT2D eigenvalue weighted by Gasteiger charge is 2.18. The van der Waals surface area contributed by atoms with Crippen molar-refractivity contribution < 1.29 is 8.42 Å². The van der Waals surface area contributed by atoms with Crippen LogP contribution in [0.1, 0.15) is 17.4 Å². The number of hydrogen-bond acceptors (Lipinski definition) is 5. The Morgan fingerprint density at radius 2 is 2.20 bits per heavy atom. The van der Waals surface area contributed by atoms with Gasteiger partial charge in [0.2, 0.25) is 0 Å². The summed E-state index contributed by atoms with van der Waals surface area (Å²) >= 11 is 1.29. The van der Waals surface area contributed by atoms with E-state index >= 15 is 0 Å². The van der Waals surface area contributed by atoms with Crippen molar-refractivity contribution in [2.24, 2.45) is 0 Å². The second kappa shape index (κ2) is 6.34. The van der Waals surface area contributed by atoms with Gasteiger partial charge in [0.05, 0.1) is 11.9 Å². The van der Waals surface area contributed by atoms with Gasteiger partial charge in [-0.25, -0.2) is 8.42 Å². The van der Waals surface area contributed by atoms with Crippen molar-refractivity contribution >= 4 is 27.0 Å². The highest BCUT2D eigenvalue weighted by atomic mass is 32.2. The number of pyridine rings is 1. The van der Waals surface area contributed by atoms with Crippen molar-refractivity contribution in [2.45, 2.75) is 24.6 Å². The van der Waals surface area contributed by atoms with Crippen LogP contribution in [0.5, 0.6) is 0 Å². The highest BCUT2D eigenvalue weighted by molar-refractivity contribution is 7.94. The predicted octanol–water partition coefficient (Wildman–Crippen LogP) is 2.36. The van der Waals surface area contributed by atoms with Crippen molar-refractivity contribution in [3.05, 3.63) is 41.0 Å². The first-order valence-electron chi connectivity index (χ1n) is 6.26. The van der Waals surface area contributed by atoms with Gasteiger partial charge in [0.25, 0.3) is 10.0 Å². The van der Waals surface area contributed by atoms with Gasteiger partial charge in [0, 0.05) is 17.6 Å². The second-order valence-electron chi connectivity index (χ2n) is 4.30. The van der Waals surface area contributed by atoms with Gasteiger partial charge < -0.3 is 5.32 Å². The van der Waals surface area contributed by atoms with E-state index in [1.807, 2.05) is 13.8 Å². The molecule has 0 saturated carbocycles. The van der Waals surface area contributed by atoms with Crippen LogP contribution in [-0.2, 0) is 16.6 Å². The van der Waals surface area contributed by atoms with E-state index in [0.29, 0.717) is 16.4 Å². The summed E-state index contributed by atoms with van der Waals surface area (Å²) in [7, 11) is -3.54. The fourth-order valence-corrected chi connectivity index (χ4v) is 4.27. The molecule has 0 amide bonds. The molecule has 0 aliphatic carbocycles. The largest absolute Gasteiger partial charge is 0.312 e. The van der Waals surface area contributed by atoms with Gasteiger partial charge in [-0.15, -0.1) is 11.3 Å². The van der Waals surface area contributed by atoms with E-state index in [0.717, 1.165) is 17.0 Å². The summed E-state index contributed by atoms with van der Waals surface area (Å²) in [5.41, 5.74) is 1.45. The summed E-state index contributed by atoms with van der Waals surface area (Å²) in [6, 6.07) is 5.06.